The maximum Gasteiger partial charge on any atom is 0.110 e. The van der Waals surface area contributed by atoms with Crippen molar-refractivity contribution in [3.05, 3.63) is 0 Å². The van der Waals surface area contributed by atoms with Gasteiger partial charge in [-0.15, -0.1) is 0 Å². The van der Waals surface area contributed by atoms with Crippen molar-refractivity contribution in [2.45, 2.75) is 135 Å². The molecule has 0 aliphatic rings. The molecule has 0 aliphatic carbocycles. The first kappa shape index (κ1) is 27.8. The van der Waals surface area contributed by atoms with E-state index < -0.39 is 24.4 Å². The second-order valence-corrected chi connectivity index (χ2v) is 8.22. The molecule has 0 spiro atoms. The van der Waals surface area contributed by atoms with E-state index in [-0.39, 0.29) is 6.61 Å². The highest BCUT2D eigenvalue weighted by Gasteiger charge is 2.30. The topological polar surface area (TPSA) is 90.2 Å². The van der Waals surface area contributed by atoms with Crippen molar-refractivity contribution in [1.82, 2.24) is 0 Å². The molecule has 0 aliphatic heterocycles. The lowest BCUT2D eigenvalue weighted by Crippen LogP contribution is -2.46. The molecule has 5 heteroatoms. The molecule has 0 radical (unpaired) electrons. The van der Waals surface area contributed by atoms with Crippen molar-refractivity contribution in [2.75, 3.05) is 13.2 Å². The number of aliphatic hydroxyl groups is 4. The fourth-order valence-electron chi connectivity index (χ4n) is 3.40. The molecule has 4 N–H and O–H groups in total. The highest BCUT2D eigenvalue weighted by molar-refractivity contribution is 4.80. The first-order chi connectivity index (χ1) is 13.5. The van der Waals surface area contributed by atoms with Gasteiger partial charge < -0.3 is 25.2 Å². The van der Waals surface area contributed by atoms with Crippen LogP contribution in [0.3, 0.4) is 0 Å². The molecule has 4 atom stereocenters. The van der Waals surface area contributed by atoms with E-state index in [1.54, 1.807) is 0 Å². The minimum atomic E-state index is -1.38. The molecule has 5 nitrogen and oxygen atoms in total. The monoisotopic (exact) mass is 404 g/mol. The Balaban J connectivity index is 3.69. The first-order valence-corrected chi connectivity index (χ1v) is 11.8. The number of hydrogen-bond donors (Lipinski definition) is 4. The van der Waals surface area contributed by atoms with Crippen LogP contribution in [0.2, 0.25) is 0 Å². The van der Waals surface area contributed by atoms with Gasteiger partial charge >= 0.3 is 0 Å². The van der Waals surface area contributed by atoms with E-state index in [1.165, 1.54) is 57.8 Å². The summed E-state index contributed by atoms with van der Waals surface area (Å²) in [6.07, 6.45) is 11.9. The Morgan fingerprint density at radius 3 is 1.50 bits per heavy atom. The summed E-state index contributed by atoms with van der Waals surface area (Å²) in [5.41, 5.74) is 0. The molecule has 0 rings (SSSR count). The summed E-state index contributed by atoms with van der Waals surface area (Å²) in [5, 5.41) is 40.1. The van der Waals surface area contributed by atoms with Crippen molar-refractivity contribution in [3.63, 3.8) is 0 Å². The quantitative estimate of drug-likeness (QED) is 0.214. The lowest BCUT2D eigenvalue weighted by Gasteiger charge is -2.26. The Morgan fingerprint density at radius 1 is 0.536 bits per heavy atom. The Labute approximate surface area is 173 Å². The maximum atomic E-state index is 10.1. The van der Waals surface area contributed by atoms with Gasteiger partial charge in [-0.1, -0.05) is 97.3 Å². The van der Waals surface area contributed by atoms with E-state index in [1.807, 2.05) is 0 Å². The summed E-state index contributed by atoms with van der Waals surface area (Å²) in [6, 6.07) is 0. The van der Waals surface area contributed by atoms with E-state index in [2.05, 4.69) is 13.8 Å². The fourth-order valence-corrected chi connectivity index (χ4v) is 3.40. The lowest BCUT2D eigenvalue weighted by molar-refractivity contribution is -0.123. The molecule has 170 valence electrons. The number of rotatable bonds is 21. The van der Waals surface area contributed by atoms with Crippen molar-refractivity contribution < 1.29 is 25.2 Å². The number of hydrogen-bond acceptors (Lipinski definition) is 5. The molecule has 0 saturated carbocycles. The van der Waals surface area contributed by atoms with Gasteiger partial charge in [0.2, 0.25) is 0 Å². The number of unbranched alkanes of at least 4 members (excludes halogenated alkanes) is 12. The van der Waals surface area contributed by atoms with Crippen LogP contribution in [0.1, 0.15) is 110 Å². The van der Waals surface area contributed by atoms with Gasteiger partial charge in [-0.25, -0.2) is 0 Å². The van der Waals surface area contributed by atoms with Crippen LogP contribution in [0.4, 0.5) is 0 Å². The molecule has 28 heavy (non-hydrogen) atoms. The SMILES string of the molecule is CCCCCCCCCOCC(O)C(O)C(O)C(O)CCCCCCCCC. The predicted octanol–water partition coefficient (Wildman–Crippen LogP) is 4.34. The third kappa shape index (κ3) is 15.7. The van der Waals surface area contributed by atoms with Crippen LogP contribution in [-0.4, -0.2) is 58.1 Å². The number of ether oxygens (including phenoxy) is 1. The molecule has 0 heterocycles. The van der Waals surface area contributed by atoms with Crippen molar-refractivity contribution >= 4 is 0 Å². The fraction of sp³-hybridized carbons (Fsp3) is 1.00. The molecule has 0 aromatic heterocycles. The normalized spacial score (nSPS) is 16.1. The zero-order chi connectivity index (χ0) is 21.0. The van der Waals surface area contributed by atoms with Gasteiger partial charge in [-0.3, -0.25) is 0 Å². The summed E-state index contributed by atoms with van der Waals surface area (Å²) >= 11 is 0. The third-order valence-electron chi connectivity index (χ3n) is 5.42. The Bertz CT molecular complexity index is 313. The summed E-state index contributed by atoms with van der Waals surface area (Å²) in [5.74, 6) is 0. The van der Waals surface area contributed by atoms with Crippen LogP contribution in [-0.2, 0) is 4.74 Å². The summed E-state index contributed by atoms with van der Waals surface area (Å²) in [6.45, 7) is 4.93. The van der Waals surface area contributed by atoms with Gasteiger partial charge in [0.15, 0.2) is 0 Å². The van der Waals surface area contributed by atoms with Crippen molar-refractivity contribution in [3.8, 4) is 0 Å². The van der Waals surface area contributed by atoms with Crippen LogP contribution >= 0.6 is 0 Å². The van der Waals surface area contributed by atoms with E-state index in [9.17, 15) is 20.4 Å². The minimum absolute atomic E-state index is 0.0157. The largest absolute Gasteiger partial charge is 0.390 e. The van der Waals surface area contributed by atoms with Crippen LogP contribution in [0.25, 0.3) is 0 Å². The third-order valence-corrected chi connectivity index (χ3v) is 5.42. The Hall–Kier alpha value is -0.200. The molecular formula is C23H48O5. The average molecular weight is 405 g/mol. The minimum Gasteiger partial charge on any atom is -0.390 e. The molecule has 0 aromatic carbocycles. The summed E-state index contributed by atoms with van der Waals surface area (Å²) in [7, 11) is 0. The van der Waals surface area contributed by atoms with Gasteiger partial charge in [0.25, 0.3) is 0 Å². The summed E-state index contributed by atoms with van der Waals surface area (Å²) in [4.78, 5) is 0. The molecule has 0 saturated heterocycles. The van der Waals surface area contributed by atoms with Crippen LogP contribution in [0, 0.1) is 0 Å². The van der Waals surface area contributed by atoms with Crippen LogP contribution in [0.5, 0.6) is 0 Å². The summed E-state index contributed by atoms with van der Waals surface area (Å²) < 4.78 is 5.42. The smallest absolute Gasteiger partial charge is 0.110 e. The van der Waals surface area contributed by atoms with Gasteiger partial charge in [0.1, 0.15) is 18.3 Å². The highest BCUT2D eigenvalue weighted by Crippen LogP contribution is 2.14. The molecule has 0 bridgehead atoms. The van der Waals surface area contributed by atoms with Crippen molar-refractivity contribution in [1.29, 1.82) is 0 Å². The van der Waals surface area contributed by atoms with Gasteiger partial charge in [-0.05, 0) is 12.8 Å². The molecule has 0 amide bonds. The van der Waals surface area contributed by atoms with E-state index >= 15 is 0 Å². The second kappa shape index (κ2) is 20.1. The predicted molar refractivity (Wildman–Crippen MR) is 115 cm³/mol. The van der Waals surface area contributed by atoms with E-state index in [4.69, 9.17) is 4.74 Å². The zero-order valence-electron chi connectivity index (χ0n) is 18.5. The highest BCUT2D eigenvalue weighted by atomic mass is 16.5. The van der Waals surface area contributed by atoms with Gasteiger partial charge in [-0.2, -0.15) is 0 Å². The van der Waals surface area contributed by atoms with Gasteiger partial charge in [0, 0.05) is 6.61 Å². The van der Waals surface area contributed by atoms with Gasteiger partial charge in [0.05, 0.1) is 12.7 Å². The Morgan fingerprint density at radius 2 is 0.964 bits per heavy atom. The number of aliphatic hydroxyl groups excluding tert-OH is 4. The van der Waals surface area contributed by atoms with Crippen LogP contribution in [0.15, 0.2) is 0 Å². The molecule has 0 aromatic rings. The standard InChI is InChI=1S/C23H48O5/c1-3-5-7-9-11-13-15-17-20(24)22(26)23(27)21(25)19-28-18-16-14-12-10-8-6-4-2/h20-27H,3-19H2,1-2H3. The lowest BCUT2D eigenvalue weighted by atomic mass is 9.98. The maximum absolute atomic E-state index is 10.1. The Kier molecular flexibility index (Phi) is 19.9. The second-order valence-electron chi connectivity index (χ2n) is 8.22. The molecule has 0 fully saturated rings. The van der Waals surface area contributed by atoms with E-state index in [0.717, 1.165) is 32.1 Å². The van der Waals surface area contributed by atoms with Crippen molar-refractivity contribution in [2.24, 2.45) is 0 Å². The molecular weight excluding hydrogens is 356 g/mol. The van der Waals surface area contributed by atoms with E-state index in [0.29, 0.717) is 13.0 Å². The molecule has 4 unspecified atom stereocenters. The zero-order valence-corrected chi connectivity index (χ0v) is 18.5. The first-order valence-electron chi connectivity index (χ1n) is 11.8. The average Bonchev–Trinajstić information content (AvgIpc) is 2.70. The van der Waals surface area contributed by atoms with Crippen LogP contribution < -0.4 is 0 Å².